The molecule has 1 N–H and O–H groups in total. The van der Waals surface area contributed by atoms with Gasteiger partial charge in [-0.15, -0.1) is 0 Å². The van der Waals surface area contributed by atoms with Gasteiger partial charge in [0.1, 0.15) is 28.7 Å². The van der Waals surface area contributed by atoms with Crippen LogP contribution in [0.4, 0.5) is 10.2 Å². The van der Waals surface area contributed by atoms with Crippen molar-refractivity contribution in [2.45, 2.75) is 13.0 Å². The lowest BCUT2D eigenvalue weighted by Crippen LogP contribution is -2.50. The minimum absolute atomic E-state index is 0.328. The topological polar surface area (TPSA) is 68.1 Å². The Balaban J connectivity index is 1.72. The van der Waals surface area contributed by atoms with E-state index in [4.69, 9.17) is 14.7 Å². The van der Waals surface area contributed by atoms with Gasteiger partial charge in [-0.25, -0.2) is 14.4 Å². The third kappa shape index (κ3) is 3.48. The number of aromatic nitrogens is 4. The molecule has 7 nitrogen and oxygen atoms in total. The van der Waals surface area contributed by atoms with Crippen LogP contribution in [0.25, 0.3) is 28.2 Å². The molecule has 0 bridgehead atoms. The Hall–Kier alpha value is -3.52. The van der Waals surface area contributed by atoms with Gasteiger partial charge in [0.05, 0.1) is 18.4 Å². The molecule has 1 atom stereocenters. The summed E-state index contributed by atoms with van der Waals surface area (Å²) >= 11 is 0. The molecule has 1 fully saturated rings. The smallest absolute Gasteiger partial charge is 0.167 e. The molecule has 3 aromatic heterocycles. The highest BCUT2D eigenvalue weighted by Gasteiger charge is 2.23. The van der Waals surface area contributed by atoms with Gasteiger partial charge in [-0.1, -0.05) is 0 Å². The van der Waals surface area contributed by atoms with Crippen LogP contribution >= 0.6 is 0 Å². The van der Waals surface area contributed by atoms with Gasteiger partial charge < -0.3 is 15.0 Å². The van der Waals surface area contributed by atoms with Crippen LogP contribution in [0.1, 0.15) is 6.92 Å². The molecule has 8 heteroatoms. The summed E-state index contributed by atoms with van der Waals surface area (Å²) in [5, 5.41) is 3.40. The molecule has 1 aromatic carbocycles. The highest BCUT2D eigenvalue weighted by Crippen LogP contribution is 2.32. The summed E-state index contributed by atoms with van der Waals surface area (Å²) in [6.07, 6.45) is 3.41. The quantitative estimate of drug-likeness (QED) is 0.548. The SMILES string of the molecule is COc1ccc(-c2nc3ccc(N4CCNC[C@H]4C)nc3n2-c2ccncc2)c(F)c1. The van der Waals surface area contributed by atoms with Gasteiger partial charge in [0.25, 0.3) is 0 Å². The minimum atomic E-state index is -0.402. The number of anilines is 1. The van der Waals surface area contributed by atoms with E-state index < -0.39 is 5.82 Å². The van der Waals surface area contributed by atoms with E-state index in [0.29, 0.717) is 34.3 Å². The van der Waals surface area contributed by atoms with Crippen molar-refractivity contribution in [2.24, 2.45) is 0 Å². The number of imidazole rings is 1. The van der Waals surface area contributed by atoms with Gasteiger partial charge in [0.2, 0.25) is 0 Å². The molecule has 1 aliphatic rings. The maximum absolute atomic E-state index is 15.0. The number of nitrogens with zero attached hydrogens (tertiary/aromatic N) is 5. The van der Waals surface area contributed by atoms with Crippen molar-refractivity contribution in [3.8, 4) is 22.8 Å². The molecule has 0 saturated carbocycles. The fraction of sp³-hybridized carbons (Fsp3) is 0.261. The number of ether oxygens (including phenoxy) is 1. The van der Waals surface area contributed by atoms with E-state index >= 15 is 0 Å². The second-order valence-electron chi connectivity index (χ2n) is 7.58. The van der Waals surface area contributed by atoms with E-state index in [9.17, 15) is 4.39 Å². The maximum Gasteiger partial charge on any atom is 0.167 e. The number of halogens is 1. The van der Waals surface area contributed by atoms with E-state index in [1.165, 1.54) is 13.2 Å². The average Bonchev–Trinajstić information content (AvgIpc) is 3.18. The van der Waals surface area contributed by atoms with Crippen molar-refractivity contribution in [3.05, 3.63) is 60.7 Å². The third-order valence-corrected chi connectivity index (χ3v) is 5.62. The zero-order chi connectivity index (χ0) is 21.4. The van der Waals surface area contributed by atoms with Gasteiger partial charge in [0.15, 0.2) is 5.65 Å². The highest BCUT2D eigenvalue weighted by atomic mass is 19.1. The summed E-state index contributed by atoms with van der Waals surface area (Å²) in [6.45, 7) is 4.88. The summed E-state index contributed by atoms with van der Waals surface area (Å²) in [5.74, 6) is 1.43. The molecule has 0 aliphatic carbocycles. The summed E-state index contributed by atoms with van der Waals surface area (Å²) in [7, 11) is 1.52. The second kappa shape index (κ2) is 7.96. The molecule has 31 heavy (non-hydrogen) atoms. The molecule has 0 radical (unpaired) electrons. The van der Waals surface area contributed by atoms with Crippen molar-refractivity contribution in [3.63, 3.8) is 0 Å². The maximum atomic E-state index is 15.0. The number of benzene rings is 1. The summed E-state index contributed by atoms with van der Waals surface area (Å²) < 4.78 is 22.0. The van der Waals surface area contributed by atoms with Gasteiger partial charge in [-0.05, 0) is 43.3 Å². The highest BCUT2D eigenvalue weighted by molar-refractivity contribution is 5.81. The Morgan fingerprint density at radius 2 is 1.94 bits per heavy atom. The first kappa shape index (κ1) is 19.4. The Labute approximate surface area is 179 Å². The first-order valence-electron chi connectivity index (χ1n) is 10.3. The summed E-state index contributed by atoms with van der Waals surface area (Å²) in [4.78, 5) is 16.1. The Kier molecular flexibility index (Phi) is 4.99. The number of hydrogen-bond donors (Lipinski definition) is 1. The largest absolute Gasteiger partial charge is 0.497 e. The van der Waals surface area contributed by atoms with Crippen molar-refractivity contribution in [2.75, 3.05) is 31.6 Å². The Morgan fingerprint density at radius 3 is 2.68 bits per heavy atom. The van der Waals surface area contributed by atoms with E-state index in [1.54, 1.807) is 24.5 Å². The monoisotopic (exact) mass is 418 g/mol. The van der Waals surface area contributed by atoms with Gasteiger partial charge >= 0.3 is 0 Å². The van der Waals surface area contributed by atoms with Crippen LogP contribution in [0.15, 0.2) is 54.9 Å². The van der Waals surface area contributed by atoms with Crippen molar-refractivity contribution in [1.29, 1.82) is 0 Å². The summed E-state index contributed by atoms with van der Waals surface area (Å²) in [5.41, 5.74) is 2.58. The molecular weight excluding hydrogens is 395 g/mol. The normalized spacial score (nSPS) is 16.6. The summed E-state index contributed by atoms with van der Waals surface area (Å²) in [6, 6.07) is 12.8. The first-order valence-corrected chi connectivity index (χ1v) is 10.3. The minimum Gasteiger partial charge on any atom is -0.497 e. The van der Waals surface area contributed by atoms with Crippen LogP contribution in [-0.2, 0) is 0 Å². The molecule has 0 amide bonds. The second-order valence-corrected chi connectivity index (χ2v) is 7.58. The van der Waals surface area contributed by atoms with E-state index in [0.717, 1.165) is 31.1 Å². The molecule has 0 unspecified atom stereocenters. The molecule has 0 spiro atoms. The zero-order valence-electron chi connectivity index (χ0n) is 17.4. The van der Waals surface area contributed by atoms with Crippen LogP contribution < -0.4 is 15.0 Å². The van der Waals surface area contributed by atoms with Crippen molar-refractivity contribution < 1.29 is 9.13 Å². The zero-order valence-corrected chi connectivity index (χ0v) is 17.4. The number of rotatable bonds is 4. The van der Waals surface area contributed by atoms with Crippen molar-refractivity contribution in [1.82, 2.24) is 24.8 Å². The van der Waals surface area contributed by atoms with Crippen LogP contribution in [-0.4, -0.2) is 52.3 Å². The molecule has 4 heterocycles. The molecule has 5 rings (SSSR count). The molecule has 158 valence electrons. The molecule has 1 saturated heterocycles. The lowest BCUT2D eigenvalue weighted by atomic mass is 10.2. The number of piperazine rings is 1. The van der Waals surface area contributed by atoms with Gasteiger partial charge in [0, 0.05) is 44.1 Å². The van der Waals surface area contributed by atoms with Crippen LogP contribution in [0.5, 0.6) is 5.75 Å². The van der Waals surface area contributed by atoms with E-state index in [1.807, 2.05) is 28.8 Å². The fourth-order valence-electron chi connectivity index (χ4n) is 4.01. The standard InChI is InChI=1S/C23H23FN6O/c1-15-14-26-11-12-29(15)21-6-5-20-23(28-21)30(16-7-9-25-10-8-16)22(27-20)18-4-3-17(31-2)13-19(18)24/h3-10,13,15,26H,11-12,14H2,1-2H3/t15-/m1/s1. The van der Waals surface area contributed by atoms with Crippen LogP contribution in [0.3, 0.4) is 0 Å². The molecular formula is C23H23FN6O. The number of hydrogen-bond acceptors (Lipinski definition) is 6. The molecule has 4 aromatic rings. The predicted octanol–water partition coefficient (Wildman–Crippen LogP) is 3.43. The number of pyridine rings is 2. The number of methoxy groups -OCH3 is 1. The Bertz CT molecular complexity index is 1230. The Morgan fingerprint density at radius 1 is 1.10 bits per heavy atom. The van der Waals surface area contributed by atoms with Gasteiger partial charge in [-0.3, -0.25) is 9.55 Å². The predicted molar refractivity (Wildman–Crippen MR) is 118 cm³/mol. The van der Waals surface area contributed by atoms with Crippen molar-refractivity contribution >= 4 is 17.0 Å². The number of nitrogens with one attached hydrogen (secondary N) is 1. The van der Waals surface area contributed by atoms with Crippen LogP contribution in [0.2, 0.25) is 0 Å². The third-order valence-electron chi connectivity index (χ3n) is 5.62. The molecule has 1 aliphatic heterocycles. The first-order chi connectivity index (χ1) is 15.2. The lowest BCUT2D eigenvalue weighted by molar-refractivity contribution is 0.411. The lowest BCUT2D eigenvalue weighted by Gasteiger charge is -2.34. The average molecular weight is 418 g/mol. The number of fused-ring (bicyclic) bond motifs is 1. The van der Waals surface area contributed by atoms with Crippen LogP contribution in [0, 0.1) is 5.82 Å². The van der Waals surface area contributed by atoms with E-state index in [2.05, 4.69) is 22.1 Å². The fourth-order valence-corrected chi connectivity index (χ4v) is 4.01. The van der Waals surface area contributed by atoms with Gasteiger partial charge in [-0.2, -0.15) is 0 Å². The van der Waals surface area contributed by atoms with E-state index in [-0.39, 0.29) is 0 Å².